The highest BCUT2D eigenvalue weighted by Gasteiger charge is 1.89. The number of aromatic hydroxyl groups is 1. The number of hydrogen-bond acceptors (Lipinski definition) is 2. The van der Waals surface area contributed by atoms with Gasteiger partial charge >= 0.3 is 5.97 Å². The predicted octanol–water partition coefficient (Wildman–Crippen LogP) is 2.14. The van der Waals surface area contributed by atoms with Crippen molar-refractivity contribution in [2.75, 3.05) is 0 Å². The van der Waals surface area contributed by atoms with Crippen LogP contribution < -0.4 is 0 Å². The van der Waals surface area contributed by atoms with Crippen LogP contribution in [-0.4, -0.2) is 16.2 Å². The van der Waals surface area contributed by atoms with Crippen LogP contribution >= 0.6 is 13.5 Å². The molecule has 2 radical (unpaired) electrons. The fourth-order valence-corrected chi connectivity index (χ4v) is 0.753. The Morgan fingerprint density at radius 1 is 1.23 bits per heavy atom. The lowest BCUT2D eigenvalue weighted by molar-refractivity contribution is -0.131. The van der Waals surface area contributed by atoms with Crippen molar-refractivity contribution in [3.8, 4) is 5.75 Å². The number of hydrogen-bond donors (Lipinski definition) is 2. The summed E-state index contributed by atoms with van der Waals surface area (Å²) in [5.41, 5.74) is 0.746. The van der Waals surface area contributed by atoms with Crippen LogP contribution in [0.1, 0.15) is 5.56 Å². The number of aliphatic carboxylic acids is 1. The standard InChI is InChI=1S/C9H8O3.S/c10-8-4-1-7(2-5-8)3-6-9(11)12;/h1-6,10H,(H,11,12);. The predicted molar refractivity (Wildman–Crippen MR) is 52.4 cm³/mol. The second kappa shape index (κ2) is 5.27. The minimum absolute atomic E-state index is 0. The van der Waals surface area contributed by atoms with Crippen molar-refractivity contribution in [3.05, 3.63) is 35.9 Å². The third-order valence-electron chi connectivity index (χ3n) is 1.31. The summed E-state index contributed by atoms with van der Waals surface area (Å²) in [5.74, 6) is -0.814. The van der Waals surface area contributed by atoms with Crippen molar-refractivity contribution >= 4 is 25.5 Å². The zero-order valence-electron chi connectivity index (χ0n) is 6.68. The molecule has 0 fully saturated rings. The highest BCUT2D eigenvalue weighted by Crippen LogP contribution is 2.10. The van der Waals surface area contributed by atoms with Gasteiger partial charge in [0.05, 0.1) is 0 Å². The minimum Gasteiger partial charge on any atom is -0.508 e. The van der Waals surface area contributed by atoms with Crippen LogP contribution in [0.15, 0.2) is 30.3 Å². The quantitative estimate of drug-likeness (QED) is 0.712. The van der Waals surface area contributed by atoms with Gasteiger partial charge in [0.1, 0.15) is 5.75 Å². The number of phenolic OH excluding ortho intramolecular Hbond substituents is 1. The molecule has 0 aliphatic carbocycles. The van der Waals surface area contributed by atoms with Gasteiger partial charge in [-0.25, -0.2) is 4.79 Å². The molecule has 0 aliphatic rings. The number of benzene rings is 1. The topological polar surface area (TPSA) is 57.5 Å². The summed E-state index contributed by atoms with van der Waals surface area (Å²) in [6.07, 6.45) is 2.51. The van der Waals surface area contributed by atoms with E-state index in [-0.39, 0.29) is 19.2 Å². The van der Waals surface area contributed by atoms with E-state index in [0.717, 1.165) is 11.6 Å². The Balaban J connectivity index is 0.00000144. The molecule has 68 valence electrons. The van der Waals surface area contributed by atoms with Crippen molar-refractivity contribution in [3.63, 3.8) is 0 Å². The van der Waals surface area contributed by atoms with Crippen LogP contribution in [0.5, 0.6) is 5.75 Å². The Labute approximate surface area is 82.8 Å². The SMILES string of the molecule is O=C(O)C=Cc1ccc(O)cc1.[S]. The summed E-state index contributed by atoms with van der Waals surface area (Å²) in [4.78, 5) is 10.1. The Hall–Kier alpha value is -1.42. The largest absolute Gasteiger partial charge is 0.508 e. The first-order valence-corrected chi connectivity index (χ1v) is 3.38. The average molecular weight is 196 g/mol. The molecular weight excluding hydrogens is 188 g/mol. The molecular formula is C9H8O3S. The maximum absolute atomic E-state index is 10.1. The van der Waals surface area contributed by atoms with Crippen LogP contribution in [-0.2, 0) is 4.79 Å². The van der Waals surface area contributed by atoms with E-state index < -0.39 is 5.97 Å². The number of carboxylic acids is 1. The number of carboxylic acid groups (broad SMARTS) is 1. The van der Waals surface area contributed by atoms with Crippen LogP contribution in [0, 0.1) is 0 Å². The Bertz CT molecular complexity index is 303. The molecule has 0 unspecified atom stereocenters. The summed E-state index contributed by atoms with van der Waals surface area (Å²) in [6.45, 7) is 0. The fourth-order valence-electron chi connectivity index (χ4n) is 0.753. The Kier molecular flexibility index (Phi) is 4.69. The monoisotopic (exact) mass is 196 g/mol. The van der Waals surface area contributed by atoms with Crippen LogP contribution in [0.25, 0.3) is 6.08 Å². The molecule has 0 heterocycles. The van der Waals surface area contributed by atoms with E-state index in [1.165, 1.54) is 18.2 Å². The van der Waals surface area contributed by atoms with Crippen LogP contribution in [0.2, 0.25) is 0 Å². The van der Waals surface area contributed by atoms with Crippen molar-refractivity contribution in [1.82, 2.24) is 0 Å². The van der Waals surface area contributed by atoms with Gasteiger partial charge in [0, 0.05) is 19.6 Å². The third-order valence-corrected chi connectivity index (χ3v) is 1.31. The summed E-state index contributed by atoms with van der Waals surface area (Å²) in [5, 5.41) is 17.2. The van der Waals surface area contributed by atoms with Crippen molar-refractivity contribution in [2.45, 2.75) is 0 Å². The smallest absolute Gasteiger partial charge is 0.328 e. The molecule has 0 aromatic heterocycles. The fraction of sp³-hybridized carbons (Fsp3) is 0. The van der Waals surface area contributed by atoms with E-state index in [9.17, 15) is 4.79 Å². The molecule has 0 spiro atoms. The Morgan fingerprint density at radius 3 is 2.23 bits per heavy atom. The van der Waals surface area contributed by atoms with Gasteiger partial charge in [-0.05, 0) is 23.8 Å². The van der Waals surface area contributed by atoms with Gasteiger partial charge in [0.2, 0.25) is 0 Å². The molecule has 1 aromatic carbocycles. The lowest BCUT2D eigenvalue weighted by atomic mass is 10.2. The van der Waals surface area contributed by atoms with Gasteiger partial charge in [-0.3, -0.25) is 0 Å². The van der Waals surface area contributed by atoms with Crippen molar-refractivity contribution in [2.24, 2.45) is 0 Å². The summed E-state index contributed by atoms with van der Waals surface area (Å²) in [6, 6.07) is 6.27. The molecule has 1 rings (SSSR count). The highest BCUT2D eigenvalue weighted by molar-refractivity contribution is 7.59. The maximum atomic E-state index is 10.1. The van der Waals surface area contributed by atoms with Gasteiger partial charge in [0.25, 0.3) is 0 Å². The van der Waals surface area contributed by atoms with E-state index in [0.29, 0.717) is 0 Å². The van der Waals surface area contributed by atoms with E-state index in [4.69, 9.17) is 10.2 Å². The molecule has 4 heteroatoms. The zero-order valence-corrected chi connectivity index (χ0v) is 7.49. The summed E-state index contributed by atoms with van der Waals surface area (Å²) < 4.78 is 0. The van der Waals surface area contributed by atoms with E-state index >= 15 is 0 Å². The van der Waals surface area contributed by atoms with Crippen molar-refractivity contribution < 1.29 is 15.0 Å². The average Bonchev–Trinajstić information content (AvgIpc) is 2.03. The number of rotatable bonds is 2. The zero-order chi connectivity index (χ0) is 8.97. The molecule has 0 amide bonds. The van der Waals surface area contributed by atoms with E-state index in [1.807, 2.05) is 0 Å². The molecule has 13 heavy (non-hydrogen) atoms. The van der Waals surface area contributed by atoms with Gasteiger partial charge < -0.3 is 10.2 Å². The first kappa shape index (κ1) is 11.6. The third kappa shape index (κ3) is 4.22. The normalized spacial score (nSPS) is 9.54. The van der Waals surface area contributed by atoms with E-state index in [1.54, 1.807) is 12.1 Å². The highest BCUT2D eigenvalue weighted by atomic mass is 32.1. The molecule has 3 nitrogen and oxygen atoms in total. The Morgan fingerprint density at radius 2 is 1.77 bits per heavy atom. The minimum atomic E-state index is -0.983. The van der Waals surface area contributed by atoms with Crippen molar-refractivity contribution in [1.29, 1.82) is 0 Å². The van der Waals surface area contributed by atoms with Gasteiger partial charge in [-0.2, -0.15) is 0 Å². The first-order chi connectivity index (χ1) is 5.68. The lowest BCUT2D eigenvalue weighted by Gasteiger charge is -1.92. The molecule has 0 bridgehead atoms. The molecule has 0 saturated carbocycles. The summed E-state index contributed by atoms with van der Waals surface area (Å²) >= 11 is 0. The van der Waals surface area contributed by atoms with Crippen LogP contribution in [0.3, 0.4) is 0 Å². The van der Waals surface area contributed by atoms with E-state index in [2.05, 4.69) is 0 Å². The maximum Gasteiger partial charge on any atom is 0.328 e. The molecule has 1 aromatic rings. The molecule has 2 N–H and O–H groups in total. The van der Waals surface area contributed by atoms with Crippen LogP contribution in [0.4, 0.5) is 0 Å². The number of phenols is 1. The molecule has 0 atom stereocenters. The molecule has 0 aliphatic heterocycles. The molecule has 0 saturated heterocycles. The second-order valence-corrected chi connectivity index (χ2v) is 2.26. The first-order valence-electron chi connectivity index (χ1n) is 3.38. The number of carbonyl (C=O) groups is 1. The van der Waals surface area contributed by atoms with Gasteiger partial charge in [-0.1, -0.05) is 12.1 Å². The van der Waals surface area contributed by atoms with Gasteiger partial charge in [-0.15, -0.1) is 0 Å². The lowest BCUT2D eigenvalue weighted by Crippen LogP contribution is -1.85. The van der Waals surface area contributed by atoms with Gasteiger partial charge in [0.15, 0.2) is 0 Å². The summed E-state index contributed by atoms with van der Waals surface area (Å²) in [7, 11) is 0. The second-order valence-electron chi connectivity index (χ2n) is 2.26.